The SMILES string of the molecule is CC(C)c1cccc(C(C)C)c1-c1cccc(-c2c(C(C)C)cccc2C(C)C)[c]1[Sn+].CC(C)c1cccc(C(C)C)c1-c1cccc(-c2c(C(C)C)cccc2C(C)C)[c]1[Sn+]. The van der Waals surface area contributed by atoms with Gasteiger partial charge >= 0.3 is 409 Å². The van der Waals surface area contributed by atoms with Crippen LogP contribution < -0.4 is 7.16 Å². The molecule has 0 saturated heterocycles. The van der Waals surface area contributed by atoms with E-state index in [0.29, 0.717) is 47.3 Å². The Morgan fingerprint density at radius 2 is 0.355 bits per heavy atom. The fourth-order valence-electron chi connectivity index (χ4n) is 9.39. The van der Waals surface area contributed by atoms with Crippen LogP contribution in [0.4, 0.5) is 0 Å². The predicted octanol–water partition coefficient (Wildman–Crippen LogP) is 16.6. The van der Waals surface area contributed by atoms with E-state index >= 15 is 0 Å². The minimum atomic E-state index is 0.502. The molecule has 4 radical (unpaired) electrons. The molecule has 0 atom stereocenters. The molecule has 0 unspecified atom stereocenters. The molecule has 320 valence electrons. The minimum absolute atomic E-state index is 0.502. The molecule has 6 aromatic carbocycles. The molecule has 0 aliphatic heterocycles. The summed E-state index contributed by atoms with van der Waals surface area (Å²) in [5, 5.41) is 0. The number of hydrogen-bond acceptors (Lipinski definition) is 0. The maximum absolute atomic E-state index is 2.35. The second-order valence-corrected chi connectivity index (χ2v) is 22.8. The first-order chi connectivity index (χ1) is 29.3. The third kappa shape index (κ3) is 10.7. The Balaban J connectivity index is 0.000000234. The van der Waals surface area contributed by atoms with Crippen LogP contribution in [0.5, 0.6) is 0 Å². The van der Waals surface area contributed by atoms with Gasteiger partial charge in [0.25, 0.3) is 0 Å². The van der Waals surface area contributed by atoms with Crippen molar-refractivity contribution in [2.24, 2.45) is 0 Å². The van der Waals surface area contributed by atoms with Gasteiger partial charge in [0.1, 0.15) is 0 Å². The van der Waals surface area contributed by atoms with Gasteiger partial charge < -0.3 is 0 Å². The first-order valence-electron chi connectivity index (χ1n) is 23.5. The third-order valence-electron chi connectivity index (χ3n) is 12.7. The summed E-state index contributed by atoms with van der Waals surface area (Å²) in [6.45, 7) is 37.1. The Hall–Kier alpha value is -3.08. The topological polar surface area (TPSA) is 0 Å². The Labute approximate surface area is 405 Å². The first-order valence-corrected chi connectivity index (χ1v) is 26.4. The van der Waals surface area contributed by atoms with Crippen molar-refractivity contribution in [1.29, 1.82) is 0 Å². The van der Waals surface area contributed by atoms with Crippen molar-refractivity contribution < 1.29 is 0 Å². The summed E-state index contributed by atoms with van der Waals surface area (Å²) < 4.78 is 2.97. The predicted molar refractivity (Wildman–Crippen MR) is 278 cm³/mol. The second kappa shape index (κ2) is 21.7. The van der Waals surface area contributed by atoms with E-state index in [1.54, 1.807) is 0 Å². The van der Waals surface area contributed by atoms with E-state index in [1.807, 2.05) is 0 Å². The summed E-state index contributed by atoms with van der Waals surface area (Å²) in [6.07, 6.45) is 0. The summed E-state index contributed by atoms with van der Waals surface area (Å²) in [4.78, 5) is 0. The first kappa shape index (κ1) is 49.9. The van der Waals surface area contributed by atoms with Crippen LogP contribution in [0.1, 0.15) is 203 Å². The van der Waals surface area contributed by atoms with Gasteiger partial charge in [-0.05, 0) is 0 Å². The van der Waals surface area contributed by atoms with Crippen LogP contribution in [0.2, 0.25) is 0 Å². The Bertz CT molecular complexity index is 2010. The van der Waals surface area contributed by atoms with Gasteiger partial charge in [-0.1, -0.05) is 0 Å². The van der Waals surface area contributed by atoms with Crippen LogP contribution in [0.25, 0.3) is 44.5 Å². The zero-order valence-corrected chi connectivity index (χ0v) is 46.7. The average molecular weight is 1030 g/mol. The van der Waals surface area contributed by atoms with E-state index in [4.69, 9.17) is 0 Å². The zero-order chi connectivity index (χ0) is 45.7. The van der Waals surface area contributed by atoms with E-state index in [-0.39, 0.29) is 0 Å². The van der Waals surface area contributed by atoms with Crippen LogP contribution in [0, 0.1) is 0 Å². The van der Waals surface area contributed by atoms with E-state index < -0.39 is 0 Å². The molecule has 0 bridgehead atoms. The van der Waals surface area contributed by atoms with Crippen molar-refractivity contribution in [2.75, 3.05) is 0 Å². The van der Waals surface area contributed by atoms with Gasteiger partial charge in [0.15, 0.2) is 0 Å². The molecular weight excluding hydrogens is 958 g/mol. The quantitative estimate of drug-likeness (QED) is 0.107. The van der Waals surface area contributed by atoms with Gasteiger partial charge in [0.2, 0.25) is 0 Å². The normalized spacial score (nSPS) is 11.9. The Kier molecular flexibility index (Phi) is 17.5. The van der Waals surface area contributed by atoms with Gasteiger partial charge in [0.05, 0.1) is 0 Å². The molecule has 0 nitrogen and oxygen atoms in total. The molecule has 0 N–H and O–H groups in total. The zero-order valence-electron chi connectivity index (χ0n) is 41.0. The molecule has 6 aromatic rings. The number of rotatable bonds is 12. The summed E-state index contributed by atoms with van der Waals surface area (Å²) in [6, 6.07) is 41.6. The van der Waals surface area contributed by atoms with Gasteiger partial charge in [0, 0.05) is 0 Å². The summed E-state index contributed by atoms with van der Waals surface area (Å²) >= 11 is 2.96. The molecule has 6 rings (SSSR count). The molecule has 0 aliphatic rings. The van der Waals surface area contributed by atoms with E-state index in [1.165, 1.54) is 141 Å². The van der Waals surface area contributed by atoms with Crippen LogP contribution in [-0.2, 0) is 0 Å². The molecule has 0 fully saturated rings. The molecule has 0 spiro atoms. The van der Waals surface area contributed by atoms with Crippen molar-refractivity contribution in [2.45, 2.75) is 158 Å². The standard InChI is InChI=1S/2C30H37.2Sn/c2*1-19(2)25-14-10-15-26(20(3)4)29(25)23-12-9-13-24(18-23)30-27(21(5)6)16-11-17-28(30)22(7)8;;/h2*9-17,19-22H,1-8H3;;/q;;2*+1. The average Bonchev–Trinajstić information content (AvgIpc) is 3.22. The third-order valence-corrected chi connectivity index (χ3v) is 15.8. The number of hydrogen-bond donors (Lipinski definition) is 0. The van der Waals surface area contributed by atoms with E-state index in [2.05, 4.69) is 220 Å². The van der Waals surface area contributed by atoms with Crippen molar-refractivity contribution in [1.82, 2.24) is 0 Å². The van der Waals surface area contributed by atoms with Crippen molar-refractivity contribution >= 4 is 52.2 Å². The van der Waals surface area contributed by atoms with Gasteiger partial charge in [-0.25, -0.2) is 0 Å². The van der Waals surface area contributed by atoms with Crippen molar-refractivity contribution in [3.05, 3.63) is 154 Å². The second-order valence-electron chi connectivity index (χ2n) is 19.9. The fraction of sp³-hybridized carbons (Fsp3) is 0.400. The molecule has 0 amide bonds. The molecule has 0 saturated carbocycles. The molecule has 0 aromatic heterocycles. The van der Waals surface area contributed by atoms with Gasteiger partial charge in [-0.3, -0.25) is 0 Å². The van der Waals surface area contributed by atoms with Crippen LogP contribution in [0.3, 0.4) is 0 Å². The summed E-state index contributed by atoms with van der Waals surface area (Å²) in [5.41, 5.74) is 23.3. The fourth-order valence-corrected chi connectivity index (χ4v) is 11.8. The van der Waals surface area contributed by atoms with Crippen LogP contribution >= 0.6 is 0 Å². The maximum atomic E-state index is 2.35. The Morgan fingerprint density at radius 3 is 0.484 bits per heavy atom. The van der Waals surface area contributed by atoms with Crippen molar-refractivity contribution in [3.8, 4) is 44.5 Å². The number of benzene rings is 6. The van der Waals surface area contributed by atoms with Crippen molar-refractivity contribution in [3.63, 3.8) is 0 Å². The molecule has 0 aliphatic carbocycles. The van der Waals surface area contributed by atoms with Gasteiger partial charge in [-0.15, -0.1) is 0 Å². The Morgan fingerprint density at radius 1 is 0.226 bits per heavy atom. The van der Waals surface area contributed by atoms with Gasteiger partial charge in [-0.2, -0.15) is 0 Å². The van der Waals surface area contributed by atoms with Crippen LogP contribution in [-0.4, -0.2) is 45.0 Å². The monoisotopic (exact) mass is 1030 g/mol. The van der Waals surface area contributed by atoms with E-state index in [9.17, 15) is 0 Å². The summed E-state index contributed by atoms with van der Waals surface area (Å²) in [5.74, 6) is 4.01. The summed E-state index contributed by atoms with van der Waals surface area (Å²) in [7, 11) is 0. The molecule has 2 heteroatoms. The molecule has 62 heavy (non-hydrogen) atoms. The molecular formula is C60H74Sn2+2. The van der Waals surface area contributed by atoms with Crippen LogP contribution in [0.15, 0.2) is 109 Å². The molecule has 0 heterocycles. The van der Waals surface area contributed by atoms with E-state index in [0.717, 1.165) is 0 Å².